The first-order valence-electron chi connectivity index (χ1n) is 16.0. The molecule has 5 aromatic rings. The van der Waals surface area contributed by atoms with E-state index >= 15 is 0 Å². The molecule has 7 rings (SSSR count). The van der Waals surface area contributed by atoms with Gasteiger partial charge in [-0.15, -0.1) is 0 Å². The molecule has 0 saturated carbocycles. The van der Waals surface area contributed by atoms with Crippen molar-refractivity contribution < 1.29 is 14.2 Å². The van der Waals surface area contributed by atoms with Crippen molar-refractivity contribution in [2.24, 2.45) is 0 Å². The fraction of sp³-hybridized carbons (Fsp3) is 0.353. The van der Waals surface area contributed by atoms with Crippen LogP contribution in [0.5, 0.6) is 5.75 Å². The summed E-state index contributed by atoms with van der Waals surface area (Å²) in [6, 6.07) is 21.5. The van der Waals surface area contributed by atoms with Crippen molar-refractivity contribution in [2.75, 3.05) is 49.2 Å². The molecule has 0 radical (unpaired) electrons. The minimum atomic E-state index is -1.16. The molecule has 2 saturated heterocycles. The molecule has 3 aromatic carbocycles. The lowest BCUT2D eigenvalue weighted by molar-refractivity contribution is -0.190. The third kappa shape index (κ3) is 6.79. The predicted molar refractivity (Wildman–Crippen MR) is 183 cm³/mol. The van der Waals surface area contributed by atoms with Gasteiger partial charge in [-0.1, -0.05) is 36.2 Å². The Morgan fingerprint density at radius 1 is 0.896 bits per heavy atom. The second kappa shape index (κ2) is 14.0. The van der Waals surface area contributed by atoms with Crippen LogP contribution in [0.4, 0.5) is 11.4 Å². The maximum Gasteiger partial charge on any atom is 0.350 e. The molecule has 2 aliphatic heterocycles. The Morgan fingerprint density at radius 3 is 2.23 bits per heavy atom. The molecular weight excluding hydrogens is 655 g/mol. The number of hydrogen-bond donors (Lipinski definition) is 0. The number of piperazine rings is 1. The van der Waals surface area contributed by atoms with Crippen molar-refractivity contribution in [3.8, 4) is 11.4 Å². The quantitative estimate of drug-likeness (QED) is 0.189. The number of nitrogens with zero attached hydrogens (tertiary/aromatic N) is 8. The Hall–Kier alpha value is -4.36. The molecule has 2 aromatic heterocycles. The molecule has 2 atom stereocenters. The summed E-state index contributed by atoms with van der Waals surface area (Å²) in [6.45, 7) is 7.09. The van der Waals surface area contributed by atoms with E-state index in [0.717, 1.165) is 55.4 Å². The first-order valence-corrected chi connectivity index (χ1v) is 16.7. The van der Waals surface area contributed by atoms with E-state index in [0.29, 0.717) is 35.4 Å². The number of benzene rings is 3. The first-order chi connectivity index (χ1) is 23.4. The summed E-state index contributed by atoms with van der Waals surface area (Å²) in [5.74, 6) is -0.409. The molecule has 2 aliphatic rings. The maximum atomic E-state index is 12.6. The Morgan fingerprint density at radius 2 is 1.58 bits per heavy atom. The summed E-state index contributed by atoms with van der Waals surface area (Å²) in [5, 5.41) is 9.42. The van der Waals surface area contributed by atoms with Gasteiger partial charge in [0.25, 0.3) is 0 Å². The van der Waals surface area contributed by atoms with Crippen LogP contribution in [0.3, 0.4) is 0 Å². The predicted octanol–water partition coefficient (Wildman–Crippen LogP) is 5.02. The molecule has 0 spiro atoms. The summed E-state index contributed by atoms with van der Waals surface area (Å²) >= 11 is 12.7. The number of aromatic nitrogens is 6. The SMILES string of the molecule is CCCn1ncn(-c2ccc(N3CCN(c4ccc(OC[C@@H]5CO[C@@](Cn6cncn6)(c6ccc(Cl)cc6Cl)O5)cc4)CC3)cc2)c1=O. The van der Waals surface area contributed by atoms with E-state index in [-0.39, 0.29) is 18.3 Å². The summed E-state index contributed by atoms with van der Waals surface area (Å²) < 4.78 is 23.6. The van der Waals surface area contributed by atoms with Crippen molar-refractivity contribution in [1.82, 2.24) is 29.1 Å². The van der Waals surface area contributed by atoms with Crippen LogP contribution in [0, 0.1) is 0 Å². The molecule has 48 heavy (non-hydrogen) atoms. The van der Waals surface area contributed by atoms with E-state index in [1.54, 1.807) is 34.0 Å². The monoisotopic (exact) mass is 690 g/mol. The van der Waals surface area contributed by atoms with Crippen LogP contribution < -0.4 is 20.2 Å². The van der Waals surface area contributed by atoms with Crippen LogP contribution >= 0.6 is 23.2 Å². The first kappa shape index (κ1) is 32.2. The van der Waals surface area contributed by atoms with E-state index in [4.69, 9.17) is 37.4 Å². The van der Waals surface area contributed by atoms with E-state index in [1.807, 2.05) is 37.3 Å². The third-order valence-electron chi connectivity index (χ3n) is 8.62. The Labute approximate surface area is 288 Å². The average Bonchev–Trinajstić information content (AvgIpc) is 3.86. The molecule has 2 fully saturated rings. The maximum absolute atomic E-state index is 12.6. The van der Waals surface area contributed by atoms with Crippen LogP contribution in [-0.2, 0) is 28.4 Å². The fourth-order valence-corrected chi connectivity index (χ4v) is 6.70. The number of hydrogen-bond acceptors (Lipinski definition) is 9. The molecule has 0 unspecified atom stereocenters. The van der Waals surface area contributed by atoms with Gasteiger partial charge < -0.3 is 24.0 Å². The van der Waals surface area contributed by atoms with E-state index in [2.05, 4.69) is 49.2 Å². The van der Waals surface area contributed by atoms with Crippen molar-refractivity contribution in [3.05, 3.63) is 112 Å². The number of halogens is 2. The van der Waals surface area contributed by atoms with Gasteiger partial charge in [-0.25, -0.2) is 23.7 Å². The Kier molecular flexibility index (Phi) is 9.40. The summed E-state index contributed by atoms with van der Waals surface area (Å²) in [4.78, 5) is 21.4. The van der Waals surface area contributed by atoms with Gasteiger partial charge in [-0.05, 0) is 67.1 Å². The number of aryl methyl sites for hydroxylation is 1. The molecule has 0 N–H and O–H groups in total. The molecule has 12 nitrogen and oxygen atoms in total. The van der Waals surface area contributed by atoms with Crippen LogP contribution in [-0.4, -0.2) is 74.6 Å². The molecule has 4 heterocycles. The standard InChI is InChI=1S/C34H36Cl2N8O4/c1-2-13-44-33(45)43(24-39-44)28-6-4-26(5-7-28)40-14-16-41(17-15-40)27-8-10-29(11-9-27)46-19-30-20-47-34(48-30,21-42-23-37-22-38-42)31-12-3-25(35)18-32(31)36/h3-12,18,22-24,30H,2,13-17,19-21H2,1H3/t30-,34-/m1/s1. The van der Waals surface area contributed by atoms with E-state index in [1.165, 1.54) is 11.0 Å². The highest BCUT2D eigenvalue weighted by Gasteiger charge is 2.45. The molecule has 0 aliphatic carbocycles. The van der Waals surface area contributed by atoms with Crippen molar-refractivity contribution in [2.45, 2.75) is 38.3 Å². The smallest absolute Gasteiger partial charge is 0.350 e. The molecular formula is C34H36Cl2N8O4. The average molecular weight is 692 g/mol. The molecule has 0 bridgehead atoms. The molecule has 14 heteroatoms. The lowest BCUT2D eigenvalue weighted by atomic mass is 10.1. The van der Waals surface area contributed by atoms with Crippen LogP contribution in [0.15, 0.2) is 90.5 Å². The van der Waals surface area contributed by atoms with Gasteiger partial charge in [0.2, 0.25) is 5.79 Å². The van der Waals surface area contributed by atoms with E-state index in [9.17, 15) is 4.79 Å². The van der Waals surface area contributed by atoms with Gasteiger partial charge in [0.15, 0.2) is 0 Å². The highest BCUT2D eigenvalue weighted by molar-refractivity contribution is 6.35. The van der Waals surface area contributed by atoms with Gasteiger partial charge in [-0.3, -0.25) is 0 Å². The number of anilines is 2. The zero-order chi connectivity index (χ0) is 33.1. The Bertz CT molecular complexity index is 1870. The van der Waals surface area contributed by atoms with Crippen molar-refractivity contribution >= 4 is 34.6 Å². The van der Waals surface area contributed by atoms with Crippen LogP contribution in [0.2, 0.25) is 10.0 Å². The van der Waals surface area contributed by atoms with Gasteiger partial charge in [0.05, 0.1) is 17.3 Å². The Balaban J connectivity index is 0.925. The number of rotatable bonds is 11. The summed E-state index contributed by atoms with van der Waals surface area (Å²) in [5.41, 5.74) is 3.65. The summed E-state index contributed by atoms with van der Waals surface area (Å²) in [6.07, 6.45) is 5.19. The second-order valence-electron chi connectivity index (χ2n) is 11.8. The minimum Gasteiger partial charge on any atom is -0.491 e. The minimum absolute atomic E-state index is 0.114. The van der Waals surface area contributed by atoms with E-state index < -0.39 is 5.79 Å². The van der Waals surface area contributed by atoms with Gasteiger partial charge in [0.1, 0.15) is 44.0 Å². The lowest BCUT2D eigenvalue weighted by Crippen LogP contribution is -2.46. The molecule has 250 valence electrons. The highest BCUT2D eigenvalue weighted by Crippen LogP contribution is 2.40. The largest absolute Gasteiger partial charge is 0.491 e. The van der Waals surface area contributed by atoms with Crippen molar-refractivity contribution in [1.29, 1.82) is 0 Å². The summed E-state index contributed by atoms with van der Waals surface area (Å²) in [7, 11) is 0. The van der Waals surface area contributed by atoms with Crippen molar-refractivity contribution in [3.63, 3.8) is 0 Å². The van der Waals surface area contributed by atoms with Gasteiger partial charge in [0, 0.05) is 54.7 Å². The second-order valence-corrected chi connectivity index (χ2v) is 12.7. The zero-order valence-corrected chi connectivity index (χ0v) is 28.0. The van der Waals surface area contributed by atoms with Crippen LogP contribution in [0.1, 0.15) is 18.9 Å². The van der Waals surface area contributed by atoms with Gasteiger partial charge in [-0.2, -0.15) is 10.2 Å². The third-order valence-corrected chi connectivity index (χ3v) is 9.16. The van der Waals surface area contributed by atoms with Gasteiger partial charge >= 0.3 is 5.69 Å². The highest BCUT2D eigenvalue weighted by atomic mass is 35.5. The normalized spacial score (nSPS) is 19.6. The lowest BCUT2D eigenvalue weighted by Gasteiger charge is -2.37. The topological polar surface area (TPSA) is 105 Å². The zero-order valence-electron chi connectivity index (χ0n) is 26.5. The van der Waals surface area contributed by atoms with Crippen LogP contribution in [0.25, 0.3) is 5.69 Å². The number of ether oxygens (including phenoxy) is 3. The fourth-order valence-electron chi connectivity index (χ4n) is 6.15. The molecule has 0 amide bonds.